The van der Waals surface area contributed by atoms with Crippen LogP contribution < -0.4 is 5.32 Å². The van der Waals surface area contributed by atoms with Crippen molar-refractivity contribution in [2.45, 2.75) is 12.2 Å². The summed E-state index contributed by atoms with van der Waals surface area (Å²) in [6.45, 7) is 0. The van der Waals surface area contributed by atoms with Gasteiger partial charge in [0.15, 0.2) is 0 Å². The van der Waals surface area contributed by atoms with Crippen LogP contribution in [-0.2, 0) is 17.0 Å². The van der Waals surface area contributed by atoms with Crippen molar-refractivity contribution in [1.82, 2.24) is 4.98 Å². The second-order valence-electron chi connectivity index (χ2n) is 4.74. The molecule has 1 aliphatic heterocycles. The molecule has 0 spiro atoms. The molecular weight excluding hydrogens is 320 g/mol. The van der Waals surface area contributed by atoms with E-state index < -0.39 is 40.7 Å². The number of carbonyl (C=O) groups is 1. The number of nitrogens with one attached hydrogen (secondary N) is 1. The number of carbonyl (C=O) groups excluding carboxylic acids is 1. The van der Waals surface area contributed by atoms with E-state index in [0.717, 1.165) is 0 Å². The van der Waals surface area contributed by atoms with Crippen molar-refractivity contribution < 1.29 is 32.2 Å². The van der Waals surface area contributed by atoms with Crippen molar-refractivity contribution >= 4 is 11.6 Å². The number of ether oxygens (including phenoxy) is 1. The van der Waals surface area contributed by atoms with Gasteiger partial charge in [-0.05, 0) is 24.3 Å². The average molecular weight is 328 g/mol. The number of phenols is 1. The van der Waals surface area contributed by atoms with Crippen molar-refractivity contribution in [1.29, 1.82) is 0 Å². The lowest BCUT2D eigenvalue weighted by atomic mass is 10.1. The van der Waals surface area contributed by atoms with Gasteiger partial charge in [0.05, 0.1) is 16.8 Å². The molecule has 2 aromatic rings. The summed E-state index contributed by atoms with van der Waals surface area (Å²) in [5.41, 5.74) is -2.56. The molecule has 1 aromatic heterocycles. The third kappa shape index (κ3) is 2.59. The maximum Gasteiger partial charge on any atom is 0.388 e. The van der Waals surface area contributed by atoms with Crippen LogP contribution in [0.2, 0.25) is 0 Å². The van der Waals surface area contributed by atoms with Gasteiger partial charge < -0.3 is 10.4 Å². The standard InChI is InChI=1S/C14H8F4N2O3/c15-13(16)8-5-10(11(21)6-9(8)14(17,18)23-13)20-12(22)7-1-3-19-4-2-7/h1-6,21H,(H,20,22). The topological polar surface area (TPSA) is 71.5 Å². The highest BCUT2D eigenvalue weighted by atomic mass is 19.3. The molecule has 1 amide bonds. The Morgan fingerprint density at radius 1 is 1.09 bits per heavy atom. The van der Waals surface area contributed by atoms with Crippen LogP contribution in [0.15, 0.2) is 36.7 Å². The Morgan fingerprint density at radius 3 is 2.26 bits per heavy atom. The van der Waals surface area contributed by atoms with Gasteiger partial charge in [0, 0.05) is 18.0 Å². The molecule has 1 aliphatic rings. The van der Waals surface area contributed by atoms with E-state index in [1.165, 1.54) is 24.5 Å². The minimum absolute atomic E-state index is 0.147. The zero-order valence-electron chi connectivity index (χ0n) is 11.2. The third-order valence-corrected chi connectivity index (χ3v) is 3.21. The van der Waals surface area contributed by atoms with Crippen molar-refractivity contribution in [3.63, 3.8) is 0 Å². The number of aromatic nitrogens is 1. The van der Waals surface area contributed by atoms with Crippen molar-refractivity contribution in [2.75, 3.05) is 5.32 Å². The molecule has 0 radical (unpaired) electrons. The Balaban J connectivity index is 1.98. The van der Waals surface area contributed by atoms with Gasteiger partial charge in [-0.2, -0.15) is 17.6 Å². The Hall–Kier alpha value is -2.68. The van der Waals surface area contributed by atoms with Crippen molar-refractivity contribution in [2.24, 2.45) is 0 Å². The number of hydrogen-bond acceptors (Lipinski definition) is 4. The molecule has 3 rings (SSSR count). The average Bonchev–Trinajstić information content (AvgIpc) is 2.65. The van der Waals surface area contributed by atoms with Crippen molar-refractivity contribution in [3.8, 4) is 5.75 Å². The number of halogens is 4. The number of anilines is 1. The number of amides is 1. The van der Waals surface area contributed by atoms with Gasteiger partial charge in [-0.15, -0.1) is 0 Å². The number of alkyl halides is 4. The van der Waals surface area contributed by atoms with Gasteiger partial charge in [0.25, 0.3) is 5.91 Å². The van der Waals surface area contributed by atoms with Gasteiger partial charge in [0.2, 0.25) is 0 Å². The summed E-state index contributed by atoms with van der Waals surface area (Å²) < 4.78 is 57.1. The predicted octanol–water partition coefficient (Wildman–Crippen LogP) is 3.17. The van der Waals surface area contributed by atoms with Gasteiger partial charge in [-0.1, -0.05) is 0 Å². The fourth-order valence-electron chi connectivity index (χ4n) is 2.14. The number of pyridine rings is 1. The largest absolute Gasteiger partial charge is 0.506 e. The maximum absolute atomic E-state index is 13.5. The Morgan fingerprint density at radius 2 is 1.65 bits per heavy atom. The summed E-state index contributed by atoms with van der Waals surface area (Å²) in [7, 11) is 0. The molecule has 0 unspecified atom stereocenters. The van der Waals surface area contributed by atoms with Crippen LogP contribution in [0.5, 0.6) is 5.75 Å². The highest BCUT2D eigenvalue weighted by Crippen LogP contribution is 2.53. The van der Waals surface area contributed by atoms with Crippen LogP contribution in [-0.4, -0.2) is 16.0 Å². The van der Waals surface area contributed by atoms with E-state index in [1.807, 2.05) is 0 Å². The monoisotopic (exact) mass is 328 g/mol. The van der Waals surface area contributed by atoms with E-state index in [1.54, 1.807) is 0 Å². The van der Waals surface area contributed by atoms with Crippen LogP contribution in [0.3, 0.4) is 0 Å². The fourth-order valence-corrected chi connectivity index (χ4v) is 2.14. The zero-order valence-corrected chi connectivity index (χ0v) is 11.2. The minimum Gasteiger partial charge on any atom is -0.506 e. The minimum atomic E-state index is -4.23. The summed E-state index contributed by atoms with van der Waals surface area (Å²) in [5.74, 6) is -1.51. The van der Waals surface area contributed by atoms with Gasteiger partial charge in [0.1, 0.15) is 5.75 Å². The third-order valence-electron chi connectivity index (χ3n) is 3.21. The lowest BCUT2D eigenvalue weighted by Crippen LogP contribution is -2.17. The molecule has 1 aromatic carbocycles. The molecule has 0 bridgehead atoms. The summed E-state index contributed by atoms with van der Waals surface area (Å²) in [6, 6.07) is 3.71. The molecule has 0 aliphatic carbocycles. The molecule has 2 heterocycles. The summed E-state index contributed by atoms with van der Waals surface area (Å²) >= 11 is 0. The van der Waals surface area contributed by atoms with Crippen LogP contribution in [0.4, 0.5) is 23.2 Å². The van der Waals surface area contributed by atoms with E-state index in [4.69, 9.17) is 0 Å². The number of hydrogen-bond donors (Lipinski definition) is 2. The first-order valence-electron chi connectivity index (χ1n) is 6.26. The Labute approximate surface area is 126 Å². The van der Waals surface area contributed by atoms with Crippen LogP contribution >= 0.6 is 0 Å². The first kappa shape index (κ1) is 15.2. The highest BCUT2D eigenvalue weighted by molar-refractivity contribution is 6.05. The lowest BCUT2D eigenvalue weighted by molar-refractivity contribution is -0.369. The summed E-state index contributed by atoms with van der Waals surface area (Å²) in [5, 5.41) is 11.9. The predicted molar refractivity (Wildman–Crippen MR) is 69.2 cm³/mol. The number of phenolic OH excluding ortho intramolecular Hbond substituents is 1. The Kier molecular flexibility index (Phi) is 3.25. The van der Waals surface area contributed by atoms with Crippen LogP contribution in [0.1, 0.15) is 21.5 Å². The number of fused-ring (bicyclic) bond motifs is 1. The van der Waals surface area contributed by atoms with E-state index >= 15 is 0 Å². The SMILES string of the molecule is O=C(Nc1cc2c(cc1O)C(F)(F)OC2(F)F)c1ccncc1. The number of benzene rings is 1. The first-order chi connectivity index (χ1) is 10.7. The highest BCUT2D eigenvalue weighted by Gasteiger charge is 2.57. The second kappa shape index (κ2) is 4.92. The quantitative estimate of drug-likeness (QED) is 0.656. The Bertz CT molecular complexity index is 781. The van der Waals surface area contributed by atoms with E-state index in [0.29, 0.717) is 12.1 Å². The summed E-state index contributed by atoms with van der Waals surface area (Å²) in [4.78, 5) is 15.6. The van der Waals surface area contributed by atoms with E-state index in [2.05, 4.69) is 15.0 Å². The number of aromatic hydroxyl groups is 1. The van der Waals surface area contributed by atoms with Gasteiger partial charge in [-0.3, -0.25) is 9.78 Å². The zero-order chi connectivity index (χ0) is 16.8. The molecule has 2 N–H and O–H groups in total. The molecule has 0 atom stereocenters. The summed E-state index contributed by atoms with van der Waals surface area (Å²) in [6.07, 6.45) is -5.80. The van der Waals surface area contributed by atoms with Gasteiger partial charge >= 0.3 is 12.2 Å². The molecule has 0 fully saturated rings. The molecule has 9 heteroatoms. The van der Waals surface area contributed by atoms with Crippen molar-refractivity contribution in [3.05, 3.63) is 53.3 Å². The van der Waals surface area contributed by atoms with E-state index in [9.17, 15) is 27.5 Å². The van der Waals surface area contributed by atoms with Crippen LogP contribution in [0.25, 0.3) is 0 Å². The maximum atomic E-state index is 13.5. The normalized spacial score (nSPS) is 17.6. The molecule has 23 heavy (non-hydrogen) atoms. The molecule has 0 saturated carbocycles. The fraction of sp³-hybridized carbons (Fsp3) is 0.143. The van der Waals surface area contributed by atoms with E-state index in [-0.39, 0.29) is 5.56 Å². The first-order valence-corrected chi connectivity index (χ1v) is 6.26. The molecule has 0 saturated heterocycles. The number of rotatable bonds is 2. The molecule has 120 valence electrons. The molecule has 5 nitrogen and oxygen atoms in total. The molecular formula is C14H8F4N2O3. The number of nitrogens with zero attached hydrogens (tertiary/aromatic N) is 1. The van der Waals surface area contributed by atoms with Gasteiger partial charge in [-0.25, -0.2) is 4.74 Å². The second-order valence-corrected chi connectivity index (χ2v) is 4.74. The smallest absolute Gasteiger partial charge is 0.388 e. The lowest BCUT2D eigenvalue weighted by Gasteiger charge is -2.11. The van der Waals surface area contributed by atoms with Crippen LogP contribution in [0, 0.1) is 0 Å².